The third-order valence-corrected chi connectivity index (χ3v) is 6.90. The number of amides is 1. The molecule has 3 N–H and O–H groups in total. The van der Waals surface area contributed by atoms with Crippen LogP contribution in [0.3, 0.4) is 0 Å². The maximum absolute atomic E-state index is 11.9. The minimum Gasteiger partial charge on any atom is -0.481 e. The second-order valence-corrected chi connectivity index (χ2v) is 7.67. The van der Waals surface area contributed by atoms with Crippen LogP contribution in [0, 0.1) is 5.41 Å². The van der Waals surface area contributed by atoms with Gasteiger partial charge in [-0.15, -0.1) is 28.5 Å². The van der Waals surface area contributed by atoms with E-state index in [0.717, 1.165) is 0 Å². The zero-order chi connectivity index (χ0) is 16.6. The molecule has 1 aromatic heterocycles. The van der Waals surface area contributed by atoms with E-state index in [-0.39, 0.29) is 17.8 Å². The normalized spacial score (nSPS) is 29.8. The molecule has 0 aromatic carbocycles. The molecule has 23 heavy (non-hydrogen) atoms. The van der Waals surface area contributed by atoms with Gasteiger partial charge in [0.15, 0.2) is 5.16 Å². The van der Waals surface area contributed by atoms with Gasteiger partial charge >= 0.3 is 5.97 Å². The fourth-order valence-corrected chi connectivity index (χ4v) is 5.36. The van der Waals surface area contributed by atoms with E-state index in [1.54, 1.807) is 21.9 Å². The lowest BCUT2D eigenvalue weighted by atomic mass is 9.89. The zero-order valence-electron chi connectivity index (χ0n) is 12.3. The van der Waals surface area contributed by atoms with Gasteiger partial charge in [0.05, 0.1) is 0 Å². The molecule has 0 saturated carbocycles. The summed E-state index contributed by atoms with van der Waals surface area (Å²) in [6.45, 7) is 4.42. The van der Waals surface area contributed by atoms with E-state index in [4.69, 9.17) is 5.73 Å². The number of hydrogen-bond acceptors (Lipinski definition) is 7. The average molecular weight is 355 g/mol. The number of carbonyl (C=O) groups excluding carboxylic acids is 1. The molecule has 2 fully saturated rings. The lowest BCUT2D eigenvalue weighted by Gasteiger charge is -2.52. The SMILES string of the molecule is C=CCn1cnnc1SCC1(C(=O)O)CS[C@@H]2C(N)C(=O)N2C1. The Balaban J connectivity index is 1.72. The molecule has 2 unspecified atom stereocenters. The predicted octanol–water partition coefficient (Wildman–Crippen LogP) is -0.130. The molecule has 0 bridgehead atoms. The molecule has 8 nitrogen and oxygen atoms in total. The van der Waals surface area contributed by atoms with Crippen LogP contribution in [-0.4, -0.2) is 66.1 Å². The van der Waals surface area contributed by atoms with E-state index >= 15 is 0 Å². The Hall–Kier alpha value is -1.52. The summed E-state index contributed by atoms with van der Waals surface area (Å²) in [5.41, 5.74) is 4.74. The van der Waals surface area contributed by atoms with Crippen molar-refractivity contribution in [3.8, 4) is 0 Å². The van der Waals surface area contributed by atoms with E-state index in [0.29, 0.717) is 23.2 Å². The highest BCUT2D eigenvalue weighted by Gasteiger charge is 2.55. The van der Waals surface area contributed by atoms with Crippen molar-refractivity contribution in [2.75, 3.05) is 18.1 Å². The second-order valence-electron chi connectivity index (χ2n) is 5.62. The van der Waals surface area contributed by atoms with Gasteiger partial charge in [-0.2, -0.15) is 0 Å². The predicted molar refractivity (Wildman–Crippen MR) is 86.9 cm³/mol. The van der Waals surface area contributed by atoms with Crippen molar-refractivity contribution in [1.29, 1.82) is 0 Å². The number of allylic oxidation sites excluding steroid dienone is 1. The van der Waals surface area contributed by atoms with Gasteiger partial charge in [-0.25, -0.2) is 0 Å². The molecule has 2 saturated heterocycles. The van der Waals surface area contributed by atoms with E-state index < -0.39 is 17.4 Å². The van der Waals surface area contributed by atoms with Crippen molar-refractivity contribution in [3.63, 3.8) is 0 Å². The number of β-lactam (4-membered cyclic amide) rings is 1. The van der Waals surface area contributed by atoms with Gasteiger partial charge < -0.3 is 20.3 Å². The molecule has 0 spiro atoms. The van der Waals surface area contributed by atoms with Crippen LogP contribution in [0.4, 0.5) is 0 Å². The number of carbonyl (C=O) groups is 2. The smallest absolute Gasteiger partial charge is 0.313 e. The van der Waals surface area contributed by atoms with Crippen LogP contribution in [0.25, 0.3) is 0 Å². The molecule has 10 heteroatoms. The fraction of sp³-hybridized carbons (Fsp3) is 0.538. The van der Waals surface area contributed by atoms with Crippen molar-refractivity contribution < 1.29 is 14.7 Å². The third-order valence-electron chi connectivity index (χ3n) is 4.02. The highest BCUT2D eigenvalue weighted by atomic mass is 32.2. The molecule has 2 aliphatic rings. The average Bonchev–Trinajstić information content (AvgIpc) is 2.99. The maximum atomic E-state index is 11.9. The summed E-state index contributed by atoms with van der Waals surface area (Å²) in [7, 11) is 0. The monoisotopic (exact) mass is 355 g/mol. The molecule has 3 heterocycles. The molecular weight excluding hydrogens is 338 g/mol. The van der Waals surface area contributed by atoms with E-state index in [2.05, 4.69) is 16.8 Å². The fourth-order valence-electron chi connectivity index (χ4n) is 2.63. The van der Waals surface area contributed by atoms with Gasteiger partial charge in [0.1, 0.15) is 23.2 Å². The lowest BCUT2D eigenvalue weighted by Crippen LogP contribution is -2.72. The summed E-state index contributed by atoms with van der Waals surface area (Å²) in [5, 5.41) is 18.1. The lowest BCUT2D eigenvalue weighted by molar-refractivity contribution is -0.155. The number of aromatic nitrogens is 3. The summed E-state index contributed by atoms with van der Waals surface area (Å²) in [6, 6.07) is -0.505. The molecule has 3 atom stereocenters. The van der Waals surface area contributed by atoms with Gasteiger partial charge in [-0.3, -0.25) is 9.59 Å². The number of rotatable bonds is 6. The summed E-state index contributed by atoms with van der Waals surface area (Å²) >= 11 is 2.77. The number of carboxylic acid groups (broad SMARTS) is 1. The highest BCUT2D eigenvalue weighted by Crippen LogP contribution is 2.43. The molecule has 3 rings (SSSR count). The number of hydrogen-bond donors (Lipinski definition) is 2. The van der Waals surface area contributed by atoms with Crippen LogP contribution >= 0.6 is 23.5 Å². The Morgan fingerprint density at radius 2 is 2.48 bits per heavy atom. The second kappa shape index (κ2) is 6.17. The number of carboxylic acids is 1. The summed E-state index contributed by atoms with van der Waals surface area (Å²) in [5.74, 6) is -0.337. The Kier molecular flexibility index (Phi) is 4.39. The Morgan fingerprint density at radius 1 is 1.70 bits per heavy atom. The van der Waals surface area contributed by atoms with Crippen LogP contribution in [-0.2, 0) is 16.1 Å². The van der Waals surface area contributed by atoms with E-state index in [9.17, 15) is 14.7 Å². The number of fused-ring (bicyclic) bond motifs is 1. The van der Waals surface area contributed by atoms with Crippen LogP contribution in [0.2, 0.25) is 0 Å². The van der Waals surface area contributed by atoms with Gasteiger partial charge in [-0.05, 0) is 0 Å². The summed E-state index contributed by atoms with van der Waals surface area (Å²) < 4.78 is 1.80. The van der Waals surface area contributed by atoms with Crippen LogP contribution in [0.5, 0.6) is 0 Å². The topological polar surface area (TPSA) is 114 Å². The Bertz CT molecular complexity index is 651. The number of aliphatic carboxylic acids is 1. The van der Waals surface area contributed by atoms with Crippen molar-refractivity contribution >= 4 is 35.4 Å². The standard InChI is InChI=1S/C13H17N5O3S2/c1-2-3-17-7-15-16-12(17)23-6-13(11(20)21)4-18-9(19)8(14)10(18)22-5-13/h2,7-8,10H,1,3-6,14H2,(H,20,21)/t8?,10-,13?/m1/s1. The Labute approximate surface area is 141 Å². The molecule has 0 aliphatic carbocycles. The number of nitrogens with zero attached hydrogens (tertiary/aromatic N) is 4. The summed E-state index contributed by atoms with van der Waals surface area (Å²) in [4.78, 5) is 25.3. The zero-order valence-corrected chi connectivity index (χ0v) is 13.9. The largest absolute Gasteiger partial charge is 0.481 e. The van der Waals surface area contributed by atoms with Crippen molar-refractivity contribution in [2.24, 2.45) is 11.1 Å². The summed E-state index contributed by atoms with van der Waals surface area (Å²) in [6.07, 6.45) is 3.31. The van der Waals surface area contributed by atoms with E-state index in [1.165, 1.54) is 23.5 Å². The third kappa shape index (κ3) is 2.74. The first-order chi connectivity index (χ1) is 11.0. The van der Waals surface area contributed by atoms with Crippen molar-refractivity contribution in [2.45, 2.75) is 23.1 Å². The van der Waals surface area contributed by atoms with Crippen LogP contribution in [0.15, 0.2) is 24.1 Å². The van der Waals surface area contributed by atoms with Crippen LogP contribution < -0.4 is 5.73 Å². The maximum Gasteiger partial charge on any atom is 0.313 e. The quantitative estimate of drug-likeness (QED) is 0.412. The molecule has 2 aliphatic heterocycles. The van der Waals surface area contributed by atoms with Gasteiger partial charge in [-0.1, -0.05) is 17.8 Å². The Morgan fingerprint density at radius 3 is 3.17 bits per heavy atom. The number of nitrogens with two attached hydrogens (primary N) is 1. The highest BCUT2D eigenvalue weighted by molar-refractivity contribution is 8.00. The van der Waals surface area contributed by atoms with Crippen molar-refractivity contribution in [3.05, 3.63) is 19.0 Å². The molecular formula is C13H17N5O3S2. The minimum absolute atomic E-state index is 0.0932. The molecule has 1 aromatic rings. The first kappa shape index (κ1) is 16.3. The first-order valence-corrected chi connectivity index (χ1v) is 9.04. The van der Waals surface area contributed by atoms with Crippen molar-refractivity contribution in [1.82, 2.24) is 19.7 Å². The molecule has 1 amide bonds. The van der Waals surface area contributed by atoms with Gasteiger partial charge in [0.2, 0.25) is 5.91 Å². The molecule has 124 valence electrons. The van der Waals surface area contributed by atoms with Crippen LogP contribution in [0.1, 0.15) is 0 Å². The number of thioether (sulfide) groups is 2. The minimum atomic E-state index is -1.01. The van der Waals surface area contributed by atoms with E-state index in [1.807, 2.05) is 0 Å². The van der Waals surface area contributed by atoms with Gasteiger partial charge in [0, 0.05) is 24.6 Å². The first-order valence-electron chi connectivity index (χ1n) is 7.01. The molecule has 0 radical (unpaired) electrons. The van der Waals surface area contributed by atoms with Gasteiger partial charge in [0.25, 0.3) is 0 Å².